The van der Waals surface area contributed by atoms with E-state index in [0.717, 1.165) is 44.6 Å². The van der Waals surface area contributed by atoms with Crippen LogP contribution in [0.25, 0.3) is 0 Å². The summed E-state index contributed by atoms with van der Waals surface area (Å²) in [5.74, 6) is 1.18. The summed E-state index contributed by atoms with van der Waals surface area (Å²) in [7, 11) is 3.51. The molecule has 170 valence electrons. The number of carbonyl (C=O) groups is 1. The molecule has 1 N–H and O–H groups in total. The van der Waals surface area contributed by atoms with E-state index in [0.29, 0.717) is 11.5 Å². The quantitative estimate of drug-likeness (QED) is 0.668. The van der Waals surface area contributed by atoms with Crippen molar-refractivity contribution in [1.82, 2.24) is 10.2 Å². The number of amides is 1. The molecule has 4 rings (SSSR count). The van der Waals surface area contributed by atoms with Crippen molar-refractivity contribution in [3.05, 3.63) is 78.4 Å². The van der Waals surface area contributed by atoms with Gasteiger partial charge < -0.3 is 14.8 Å². The van der Waals surface area contributed by atoms with Gasteiger partial charge in [0.05, 0.1) is 13.2 Å². The summed E-state index contributed by atoms with van der Waals surface area (Å²) >= 11 is 0. The number of methoxy groups -OCH3 is 2. The molecule has 1 saturated heterocycles. The standard InChI is InChI=1S/C27H34N2O3/c1-4-14-29-15-13-27(21-11-8-12-23(16-21)31-2)18-22(17-25(32-3)24(27)19-29)28-26(30)20-9-6-5-7-10-20/h4-12,16,22,24-25H,1,13-15,17-19H2,2-3H3,(H,28,30)/t22-,24?,25?,27?/m0/s1. The zero-order valence-corrected chi connectivity index (χ0v) is 19.1. The van der Waals surface area contributed by atoms with Crippen molar-refractivity contribution in [2.45, 2.75) is 36.8 Å². The molecule has 1 amide bonds. The third kappa shape index (κ3) is 4.45. The number of nitrogens with one attached hydrogen (secondary N) is 1. The Labute approximate surface area is 191 Å². The van der Waals surface area contributed by atoms with Crippen LogP contribution >= 0.6 is 0 Å². The molecule has 0 aromatic heterocycles. The number of fused-ring (bicyclic) bond motifs is 1. The molecule has 1 aliphatic carbocycles. The SMILES string of the molecule is C=CCN1CCC2(c3cccc(OC)c3)C[C@@H](NC(=O)c3ccccc3)CC(OC)C2C1. The topological polar surface area (TPSA) is 50.8 Å². The van der Waals surface area contributed by atoms with Crippen LogP contribution in [0.2, 0.25) is 0 Å². The minimum atomic E-state index is -0.0836. The Morgan fingerprint density at radius 2 is 2.03 bits per heavy atom. The molecule has 5 nitrogen and oxygen atoms in total. The molecule has 3 unspecified atom stereocenters. The van der Waals surface area contributed by atoms with Crippen molar-refractivity contribution >= 4 is 5.91 Å². The fourth-order valence-corrected chi connectivity index (χ4v) is 5.77. The van der Waals surface area contributed by atoms with Crippen LogP contribution in [0.1, 0.15) is 35.2 Å². The predicted molar refractivity (Wildman–Crippen MR) is 127 cm³/mol. The van der Waals surface area contributed by atoms with Crippen molar-refractivity contribution in [1.29, 1.82) is 0 Å². The Morgan fingerprint density at radius 3 is 2.75 bits per heavy atom. The molecule has 1 aliphatic heterocycles. The van der Waals surface area contributed by atoms with Crippen molar-refractivity contribution in [2.24, 2.45) is 5.92 Å². The van der Waals surface area contributed by atoms with Gasteiger partial charge in [0.25, 0.3) is 5.91 Å². The highest BCUT2D eigenvalue weighted by Gasteiger charge is 2.52. The third-order valence-electron chi connectivity index (χ3n) is 7.32. The van der Waals surface area contributed by atoms with Gasteiger partial charge in [-0.05, 0) is 55.6 Å². The van der Waals surface area contributed by atoms with Gasteiger partial charge in [0.2, 0.25) is 0 Å². The maximum atomic E-state index is 13.0. The lowest BCUT2D eigenvalue weighted by Gasteiger charge is -2.55. The van der Waals surface area contributed by atoms with Crippen LogP contribution in [0.4, 0.5) is 0 Å². The van der Waals surface area contributed by atoms with Gasteiger partial charge in [0.15, 0.2) is 0 Å². The van der Waals surface area contributed by atoms with Crippen molar-refractivity contribution < 1.29 is 14.3 Å². The molecular weight excluding hydrogens is 400 g/mol. The predicted octanol–water partition coefficient (Wildman–Crippen LogP) is 4.05. The summed E-state index contributed by atoms with van der Waals surface area (Å²) in [5.41, 5.74) is 1.89. The van der Waals surface area contributed by atoms with Crippen molar-refractivity contribution in [3.63, 3.8) is 0 Å². The van der Waals surface area contributed by atoms with Gasteiger partial charge in [0.1, 0.15) is 5.75 Å². The van der Waals surface area contributed by atoms with Crippen molar-refractivity contribution in [2.75, 3.05) is 33.9 Å². The highest BCUT2D eigenvalue weighted by molar-refractivity contribution is 5.94. The zero-order chi connectivity index (χ0) is 22.6. The van der Waals surface area contributed by atoms with E-state index in [1.54, 1.807) is 14.2 Å². The number of piperidine rings is 1. The maximum absolute atomic E-state index is 13.0. The minimum absolute atomic E-state index is 0.0196. The summed E-state index contributed by atoms with van der Waals surface area (Å²) in [6.07, 6.45) is 4.75. The second-order valence-electron chi connectivity index (χ2n) is 9.04. The van der Waals surface area contributed by atoms with Gasteiger partial charge in [-0.2, -0.15) is 0 Å². The smallest absolute Gasteiger partial charge is 0.251 e. The van der Waals surface area contributed by atoms with E-state index in [2.05, 4.69) is 35.0 Å². The number of rotatable bonds is 7. The third-order valence-corrected chi connectivity index (χ3v) is 7.32. The van der Waals surface area contributed by atoms with E-state index in [1.165, 1.54) is 5.56 Å². The Balaban J connectivity index is 1.67. The van der Waals surface area contributed by atoms with Gasteiger partial charge in [-0.25, -0.2) is 0 Å². The molecule has 0 spiro atoms. The molecule has 32 heavy (non-hydrogen) atoms. The van der Waals surface area contributed by atoms with E-state index in [1.807, 2.05) is 42.5 Å². The summed E-state index contributed by atoms with van der Waals surface area (Å²) in [6, 6.07) is 17.9. The lowest BCUT2D eigenvalue weighted by molar-refractivity contribution is -0.0653. The average Bonchev–Trinajstić information content (AvgIpc) is 2.84. The normalized spacial score (nSPS) is 27.9. The summed E-state index contributed by atoms with van der Waals surface area (Å²) in [6.45, 7) is 6.77. The first-order valence-corrected chi connectivity index (χ1v) is 11.5. The Bertz CT molecular complexity index is 932. The van der Waals surface area contributed by atoms with Crippen LogP contribution in [-0.4, -0.2) is 56.8 Å². The van der Waals surface area contributed by atoms with Crippen LogP contribution in [0.3, 0.4) is 0 Å². The molecule has 1 heterocycles. The number of likely N-dealkylation sites (tertiary alicyclic amines) is 1. The van der Waals surface area contributed by atoms with Crippen LogP contribution in [0, 0.1) is 5.92 Å². The summed E-state index contributed by atoms with van der Waals surface area (Å²) in [4.78, 5) is 15.4. The number of benzene rings is 2. The van der Waals surface area contributed by atoms with Gasteiger partial charge in [-0.1, -0.05) is 36.4 Å². The second-order valence-corrected chi connectivity index (χ2v) is 9.04. The number of ether oxygens (including phenoxy) is 2. The van der Waals surface area contributed by atoms with Gasteiger partial charge in [-0.15, -0.1) is 6.58 Å². The molecule has 2 aromatic carbocycles. The lowest BCUT2D eigenvalue weighted by Crippen LogP contribution is -2.61. The molecule has 1 saturated carbocycles. The number of nitrogens with zero attached hydrogens (tertiary/aromatic N) is 1. The molecule has 2 aliphatic rings. The lowest BCUT2D eigenvalue weighted by atomic mass is 9.57. The van der Waals surface area contributed by atoms with E-state index in [-0.39, 0.29) is 23.5 Å². The minimum Gasteiger partial charge on any atom is -0.497 e. The first-order valence-electron chi connectivity index (χ1n) is 11.5. The highest BCUT2D eigenvalue weighted by Crippen LogP contribution is 2.50. The highest BCUT2D eigenvalue weighted by atomic mass is 16.5. The maximum Gasteiger partial charge on any atom is 0.251 e. The van der Waals surface area contributed by atoms with E-state index >= 15 is 0 Å². The largest absolute Gasteiger partial charge is 0.497 e. The van der Waals surface area contributed by atoms with Crippen LogP contribution in [0.5, 0.6) is 5.75 Å². The van der Waals surface area contributed by atoms with E-state index in [4.69, 9.17) is 9.47 Å². The van der Waals surface area contributed by atoms with Crippen molar-refractivity contribution in [3.8, 4) is 5.75 Å². The molecule has 5 heteroatoms. The summed E-state index contributed by atoms with van der Waals surface area (Å²) < 4.78 is 11.6. The van der Waals surface area contributed by atoms with Crippen LogP contribution < -0.4 is 10.1 Å². The van der Waals surface area contributed by atoms with Gasteiger partial charge in [0, 0.05) is 43.1 Å². The molecule has 0 bridgehead atoms. The first-order chi connectivity index (χ1) is 15.6. The van der Waals surface area contributed by atoms with Crippen LogP contribution in [0.15, 0.2) is 67.3 Å². The molecule has 4 atom stereocenters. The second kappa shape index (κ2) is 9.88. The Hall–Kier alpha value is -2.63. The summed E-state index contributed by atoms with van der Waals surface area (Å²) in [5, 5.41) is 3.31. The molecule has 2 fully saturated rings. The number of hydrogen-bond acceptors (Lipinski definition) is 4. The van der Waals surface area contributed by atoms with E-state index in [9.17, 15) is 4.79 Å². The van der Waals surface area contributed by atoms with Gasteiger partial charge >= 0.3 is 0 Å². The Kier molecular flexibility index (Phi) is 6.97. The van der Waals surface area contributed by atoms with Gasteiger partial charge in [-0.3, -0.25) is 9.69 Å². The number of hydrogen-bond donors (Lipinski definition) is 1. The van der Waals surface area contributed by atoms with Crippen LogP contribution in [-0.2, 0) is 10.2 Å². The fourth-order valence-electron chi connectivity index (χ4n) is 5.77. The molecule has 0 radical (unpaired) electrons. The monoisotopic (exact) mass is 434 g/mol. The fraction of sp³-hybridized carbons (Fsp3) is 0.444. The Morgan fingerprint density at radius 1 is 1.22 bits per heavy atom. The number of carbonyl (C=O) groups excluding carboxylic acids is 1. The molecular formula is C27H34N2O3. The molecule has 2 aromatic rings. The zero-order valence-electron chi connectivity index (χ0n) is 19.1. The first kappa shape index (κ1) is 22.6. The van der Waals surface area contributed by atoms with E-state index < -0.39 is 0 Å². The average molecular weight is 435 g/mol.